The molecule has 3 N–H and O–H groups in total. The molecule has 1 aliphatic rings. The number of aryl methyl sites for hydroxylation is 1. The molecule has 0 saturated heterocycles. The first-order valence-corrected chi connectivity index (χ1v) is 4.48. The molecule has 1 atom stereocenters. The van der Waals surface area contributed by atoms with E-state index < -0.39 is 12.1 Å². The summed E-state index contributed by atoms with van der Waals surface area (Å²) in [4.78, 5) is 14.5. The zero-order valence-electron chi connectivity index (χ0n) is 8.12. The highest BCUT2D eigenvalue weighted by Gasteiger charge is 2.26. The molecule has 1 aromatic carbocycles. The first-order chi connectivity index (χ1) is 7.08. The van der Waals surface area contributed by atoms with E-state index in [0.717, 1.165) is 5.56 Å². The number of urea groups is 1. The number of benzene rings is 1. The van der Waals surface area contributed by atoms with Crippen LogP contribution in [0.5, 0.6) is 0 Å². The van der Waals surface area contributed by atoms with Gasteiger partial charge in [-0.1, -0.05) is 6.07 Å². The van der Waals surface area contributed by atoms with Crippen molar-refractivity contribution in [3.8, 4) is 0 Å². The average molecular weight is 207 g/mol. The van der Waals surface area contributed by atoms with Gasteiger partial charge in [0.1, 0.15) is 17.7 Å². The average Bonchev–Trinajstić information content (AvgIpc) is 2.50. The number of carbonyl (C=O) groups is 1. The van der Waals surface area contributed by atoms with E-state index in [1.165, 1.54) is 12.1 Å². The van der Waals surface area contributed by atoms with Crippen LogP contribution >= 0.6 is 0 Å². The summed E-state index contributed by atoms with van der Waals surface area (Å²) in [5.74, 6) is -0.182. The van der Waals surface area contributed by atoms with E-state index in [1.54, 1.807) is 6.07 Å². The van der Waals surface area contributed by atoms with E-state index in [9.17, 15) is 9.18 Å². The van der Waals surface area contributed by atoms with Crippen molar-refractivity contribution >= 4 is 11.9 Å². The predicted molar refractivity (Wildman–Crippen MR) is 54.0 cm³/mol. The van der Waals surface area contributed by atoms with Gasteiger partial charge in [-0.25, -0.2) is 9.18 Å². The second kappa shape index (κ2) is 3.34. The largest absolute Gasteiger partial charge is 0.385 e. The Kier molecular flexibility index (Phi) is 2.15. The molecule has 1 aliphatic heterocycles. The fraction of sp³-hybridized carbons (Fsp3) is 0.200. The van der Waals surface area contributed by atoms with Gasteiger partial charge in [0.2, 0.25) is 0 Å². The molecular weight excluding hydrogens is 197 g/mol. The number of hydrogen-bond acceptors (Lipinski definition) is 2. The van der Waals surface area contributed by atoms with E-state index in [1.807, 2.05) is 6.92 Å². The van der Waals surface area contributed by atoms with Crippen molar-refractivity contribution in [2.45, 2.75) is 13.0 Å². The summed E-state index contributed by atoms with van der Waals surface area (Å²) in [5.41, 5.74) is 7.07. The fourth-order valence-electron chi connectivity index (χ4n) is 1.57. The SMILES string of the molecule is Cc1ccc(F)cc1C1NC(=O)N=C1N. The number of aliphatic imine (C=N–C) groups is 1. The number of nitrogens with one attached hydrogen (secondary N) is 1. The number of amides is 2. The highest BCUT2D eigenvalue weighted by atomic mass is 19.1. The van der Waals surface area contributed by atoms with Crippen molar-refractivity contribution in [1.29, 1.82) is 0 Å². The number of nitrogens with two attached hydrogens (primary N) is 1. The van der Waals surface area contributed by atoms with Crippen molar-refractivity contribution in [2.24, 2.45) is 10.7 Å². The Balaban J connectivity index is 2.42. The lowest BCUT2D eigenvalue weighted by Gasteiger charge is -2.13. The molecule has 15 heavy (non-hydrogen) atoms. The van der Waals surface area contributed by atoms with E-state index in [0.29, 0.717) is 5.56 Å². The molecule has 0 radical (unpaired) electrons. The summed E-state index contributed by atoms with van der Waals surface area (Å²) in [5, 5.41) is 2.55. The maximum atomic E-state index is 13.0. The first kappa shape index (κ1) is 9.64. The number of hydrogen-bond donors (Lipinski definition) is 2. The van der Waals surface area contributed by atoms with Crippen LogP contribution in [-0.2, 0) is 0 Å². The zero-order chi connectivity index (χ0) is 11.0. The molecule has 0 fully saturated rings. The zero-order valence-corrected chi connectivity index (χ0v) is 8.12. The lowest BCUT2D eigenvalue weighted by Crippen LogP contribution is -2.28. The molecule has 1 aromatic rings. The first-order valence-electron chi connectivity index (χ1n) is 4.48. The summed E-state index contributed by atoms with van der Waals surface area (Å²) < 4.78 is 13.0. The van der Waals surface area contributed by atoms with Crippen LogP contribution in [0.3, 0.4) is 0 Å². The Morgan fingerprint density at radius 3 is 2.87 bits per heavy atom. The van der Waals surface area contributed by atoms with Crippen LogP contribution in [0.4, 0.5) is 9.18 Å². The molecule has 5 heteroatoms. The molecule has 0 aromatic heterocycles. The van der Waals surface area contributed by atoms with Crippen molar-refractivity contribution in [2.75, 3.05) is 0 Å². The molecule has 1 heterocycles. The number of carbonyl (C=O) groups excluding carboxylic acids is 1. The fourth-order valence-corrected chi connectivity index (χ4v) is 1.57. The van der Waals surface area contributed by atoms with Gasteiger partial charge in [0, 0.05) is 0 Å². The minimum atomic E-state index is -0.506. The van der Waals surface area contributed by atoms with Crippen LogP contribution in [0.25, 0.3) is 0 Å². The van der Waals surface area contributed by atoms with Crippen LogP contribution in [-0.4, -0.2) is 11.9 Å². The van der Waals surface area contributed by atoms with Gasteiger partial charge in [-0.05, 0) is 30.2 Å². The maximum absolute atomic E-state index is 13.0. The van der Waals surface area contributed by atoms with E-state index >= 15 is 0 Å². The lowest BCUT2D eigenvalue weighted by atomic mass is 10.0. The lowest BCUT2D eigenvalue weighted by molar-refractivity contribution is 0.250. The molecule has 2 rings (SSSR count). The summed E-state index contributed by atoms with van der Waals surface area (Å²) >= 11 is 0. The molecule has 0 saturated carbocycles. The van der Waals surface area contributed by atoms with Crippen molar-refractivity contribution in [3.05, 3.63) is 35.1 Å². The summed E-state index contributed by atoms with van der Waals surface area (Å²) in [6.07, 6.45) is 0. The van der Waals surface area contributed by atoms with Crippen LogP contribution in [0, 0.1) is 12.7 Å². The third kappa shape index (κ3) is 1.68. The molecule has 0 bridgehead atoms. The molecule has 1 unspecified atom stereocenters. The molecule has 4 nitrogen and oxygen atoms in total. The van der Waals surface area contributed by atoms with Gasteiger partial charge in [-0.2, -0.15) is 4.99 Å². The number of nitrogens with zero attached hydrogens (tertiary/aromatic N) is 1. The second-order valence-electron chi connectivity index (χ2n) is 3.42. The van der Waals surface area contributed by atoms with Gasteiger partial charge < -0.3 is 11.1 Å². The van der Waals surface area contributed by atoms with Crippen molar-refractivity contribution in [3.63, 3.8) is 0 Å². The van der Waals surface area contributed by atoms with E-state index in [4.69, 9.17) is 5.73 Å². The Hall–Kier alpha value is -1.91. The Bertz CT molecular complexity index is 456. The summed E-state index contributed by atoms with van der Waals surface area (Å²) in [6.45, 7) is 1.83. The van der Waals surface area contributed by atoms with Crippen molar-refractivity contribution < 1.29 is 9.18 Å². The normalized spacial score (nSPS) is 20.0. The summed E-state index contributed by atoms with van der Waals surface area (Å²) in [7, 11) is 0. The molecule has 0 aliphatic carbocycles. The smallest absolute Gasteiger partial charge is 0.343 e. The van der Waals surface area contributed by atoms with Gasteiger partial charge in [0.25, 0.3) is 0 Å². The molecular formula is C10H10FN3O. The molecule has 2 amide bonds. The third-order valence-corrected chi connectivity index (χ3v) is 2.35. The van der Waals surface area contributed by atoms with Gasteiger partial charge in [-0.15, -0.1) is 0 Å². The second-order valence-corrected chi connectivity index (χ2v) is 3.42. The molecule has 78 valence electrons. The minimum Gasteiger partial charge on any atom is -0.385 e. The standard InChI is InChI=1S/C10H10FN3O/c1-5-2-3-6(11)4-7(5)8-9(12)14-10(15)13-8/h2-4,8H,1H3,(H3,12,13,14,15). The van der Waals surface area contributed by atoms with Crippen LogP contribution in [0.15, 0.2) is 23.2 Å². The van der Waals surface area contributed by atoms with E-state index in [-0.39, 0.29) is 11.7 Å². The Labute approximate surface area is 86.0 Å². The van der Waals surface area contributed by atoms with Crippen molar-refractivity contribution in [1.82, 2.24) is 5.32 Å². The Morgan fingerprint density at radius 1 is 1.53 bits per heavy atom. The van der Waals surface area contributed by atoms with Gasteiger partial charge in [0.05, 0.1) is 0 Å². The van der Waals surface area contributed by atoms with E-state index in [2.05, 4.69) is 10.3 Å². The quantitative estimate of drug-likeness (QED) is 0.727. The highest BCUT2D eigenvalue weighted by Crippen LogP contribution is 2.21. The van der Waals surface area contributed by atoms with Crippen LogP contribution in [0.2, 0.25) is 0 Å². The van der Waals surface area contributed by atoms with Gasteiger partial charge >= 0.3 is 6.03 Å². The maximum Gasteiger partial charge on any atom is 0.343 e. The minimum absolute atomic E-state index is 0.175. The summed E-state index contributed by atoms with van der Waals surface area (Å²) in [6, 6.07) is 3.37. The van der Waals surface area contributed by atoms with Gasteiger partial charge in [-0.3, -0.25) is 0 Å². The monoisotopic (exact) mass is 207 g/mol. The predicted octanol–water partition coefficient (Wildman–Crippen LogP) is 1.26. The van der Waals surface area contributed by atoms with Gasteiger partial charge in [0.15, 0.2) is 0 Å². The number of halogens is 1. The third-order valence-electron chi connectivity index (χ3n) is 2.35. The Morgan fingerprint density at radius 2 is 2.27 bits per heavy atom. The van der Waals surface area contributed by atoms with Crippen LogP contribution < -0.4 is 11.1 Å². The highest BCUT2D eigenvalue weighted by molar-refractivity contribution is 6.03. The number of amidine groups is 1. The number of rotatable bonds is 1. The van der Waals surface area contributed by atoms with Crippen LogP contribution in [0.1, 0.15) is 17.2 Å². The topological polar surface area (TPSA) is 67.5 Å². The molecule has 0 spiro atoms.